The Hall–Kier alpha value is -3.32. The van der Waals surface area contributed by atoms with Crippen LogP contribution in [0.2, 0.25) is 0 Å². The first-order chi connectivity index (χ1) is 15.2. The van der Waals surface area contributed by atoms with E-state index in [0.29, 0.717) is 22.6 Å². The predicted octanol–water partition coefficient (Wildman–Crippen LogP) is 3.94. The first kappa shape index (κ1) is 23.3. The van der Waals surface area contributed by atoms with Gasteiger partial charge in [-0.05, 0) is 68.7 Å². The van der Waals surface area contributed by atoms with E-state index in [1.54, 1.807) is 25.3 Å². The summed E-state index contributed by atoms with van der Waals surface area (Å²) in [6, 6.07) is 11.1. The maximum Gasteiger partial charge on any atom is 0.278 e. The van der Waals surface area contributed by atoms with Gasteiger partial charge in [-0.2, -0.15) is 0 Å². The highest BCUT2D eigenvalue weighted by molar-refractivity contribution is 6.36. The van der Waals surface area contributed by atoms with E-state index in [1.165, 1.54) is 12.0 Å². The number of methoxy groups -OCH3 is 2. The van der Waals surface area contributed by atoms with Crippen molar-refractivity contribution in [2.75, 3.05) is 32.7 Å². The molecule has 2 amide bonds. The summed E-state index contributed by atoms with van der Waals surface area (Å²) in [5.74, 6) is 0.262. The quantitative estimate of drug-likeness (QED) is 0.598. The van der Waals surface area contributed by atoms with Gasteiger partial charge in [-0.15, -0.1) is 0 Å². The first-order valence-electron chi connectivity index (χ1n) is 10.5. The summed E-state index contributed by atoms with van der Waals surface area (Å²) >= 11 is 0. The van der Waals surface area contributed by atoms with Crippen molar-refractivity contribution in [3.05, 3.63) is 58.8 Å². The molecule has 1 heterocycles. The van der Waals surface area contributed by atoms with Crippen LogP contribution >= 0.6 is 0 Å². The Labute approximate surface area is 189 Å². The van der Waals surface area contributed by atoms with Gasteiger partial charge < -0.3 is 19.5 Å². The first-order valence-corrected chi connectivity index (χ1v) is 10.5. The van der Waals surface area contributed by atoms with Crippen LogP contribution in [0.15, 0.2) is 42.1 Å². The molecule has 0 bridgehead atoms. The Morgan fingerprint density at radius 1 is 0.906 bits per heavy atom. The van der Waals surface area contributed by atoms with Gasteiger partial charge >= 0.3 is 0 Å². The van der Waals surface area contributed by atoms with E-state index in [2.05, 4.69) is 5.32 Å². The van der Waals surface area contributed by atoms with Crippen LogP contribution in [0, 0.1) is 13.8 Å². The molecule has 0 spiro atoms. The molecule has 0 fully saturated rings. The van der Waals surface area contributed by atoms with Crippen LogP contribution in [0.4, 0.5) is 5.69 Å². The van der Waals surface area contributed by atoms with Gasteiger partial charge in [-0.25, -0.2) is 0 Å². The molecule has 0 saturated carbocycles. The lowest BCUT2D eigenvalue weighted by atomic mass is 10.0. The van der Waals surface area contributed by atoms with Gasteiger partial charge in [0.15, 0.2) is 11.5 Å². The van der Waals surface area contributed by atoms with Crippen LogP contribution < -0.4 is 14.8 Å². The minimum atomic E-state index is -0.383. The fourth-order valence-corrected chi connectivity index (χ4v) is 3.73. The summed E-state index contributed by atoms with van der Waals surface area (Å²) < 4.78 is 16.3. The van der Waals surface area contributed by atoms with Crippen LogP contribution in [0.5, 0.6) is 11.5 Å². The normalized spacial score (nSPS) is 13.9. The minimum Gasteiger partial charge on any atom is -0.493 e. The van der Waals surface area contributed by atoms with Crippen molar-refractivity contribution in [1.29, 1.82) is 0 Å². The van der Waals surface area contributed by atoms with Gasteiger partial charge in [0.25, 0.3) is 11.8 Å². The Bertz CT molecular complexity index is 1040. The van der Waals surface area contributed by atoms with Crippen molar-refractivity contribution in [2.24, 2.45) is 0 Å². The zero-order chi connectivity index (χ0) is 23.4. The summed E-state index contributed by atoms with van der Waals surface area (Å²) in [5.41, 5.74) is 3.95. The van der Waals surface area contributed by atoms with E-state index < -0.39 is 0 Å². The maximum atomic E-state index is 13.4. The van der Waals surface area contributed by atoms with Crippen molar-refractivity contribution >= 4 is 23.1 Å². The van der Waals surface area contributed by atoms with Crippen molar-refractivity contribution < 1.29 is 23.8 Å². The largest absolute Gasteiger partial charge is 0.493 e. The molecule has 2 aromatic carbocycles. The number of aryl methyl sites for hydroxylation is 2. The number of imide groups is 1. The van der Waals surface area contributed by atoms with E-state index >= 15 is 0 Å². The van der Waals surface area contributed by atoms with Crippen molar-refractivity contribution in [3.63, 3.8) is 0 Å². The zero-order valence-electron chi connectivity index (χ0n) is 19.4. The molecule has 3 rings (SSSR count). The molecule has 0 aromatic heterocycles. The molecule has 32 heavy (non-hydrogen) atoms. The summed E-state index contributed by atoms with van der Waals surface area (Å²) in [7, 11) is 3.08. The van der Waals surface area contributed by atoms with Gasteiger partial charge in [0.1, 0.15) is 5.70 Å². The fourth-order valence-electron chi connectivity index (χ4n) is 3.73. The van der Waals surface area contributed by atoms with E-state index in [4.69, 9.17) is 14.2 Å². The Kier molecular flexibility index (Phi) is 7.20. The van der Waals surface area contributed by atoms with Crippen LogP contribution in [-0.2, 0) is 14.3 Å². The summed E-state index contributed by atoms with van der Waals surface area (Å²) in [5, 5.41) is 3.20. The SMILES string of the molecule is COc1ccc(C2=C(Nc3cc(C)cc(C)c3)C(=O)N(CCOC(C)C)C2=O)cc1OC. The molecule has 0 atom stereocenters. The third-order valence-corrected chi connectivity index (χ3v) is 5.10. The number of hydrogen-bond acceptors (Lipinski definition) is 6. The number of nitrogens with zero attached hydrogens (tertiary/aromatic N) is 1. The lowest BCUT2D eigenvalue weighted by Crippen LogP contribution is -2.35. The second kappa shape index (κ2) is 9.87. The average molecular weight is 439 g/mol. The highest BCUT2D eigenvalue weighted by Crippen LogP contribution is 2.35. The molecule has 0 radical (unpaired) electrons. The number of amides is 2. The van der Waals surface area contributed by atoms with Gasteiger partial charge in [0.2, 0.25) is 0 Å². The number of nitrogens with one attached hydrogen (secondary N) is 1. The monoisotopic (exact) mass is 438 g/mol. The number of anilines is 1. The smallest absolute Gasteiger partial charge is 0.278 e. The Morgan fingerprint density at radius 3 is 2.16 bits per heavy atom. The lowest BCUT2D eigenvalue weighted by molar-refractivity contribution is -0.137. The van der Waals surface area contributed by atoms with Crippen LogP contribution in [0.25, 0.3) is 5.57 Å². The van der Waals surface area contributed by atoms with Gasteiger partial charge in [-0.1, -0.05) is 12.1 Å². The molecular formula is C25H30N2O5. The molecule has 2 aromatic rings. The average Bonchev–Trinajstić information content (AvgIpc) is 2.96. The number of hydrogen-bond donors (Lipinski definition) is 1. The fraction of sp³-hybridized carbons (Fsp3) is 0.360. The maximum absolute atomic E-state index is 13.4. The van der Waals surface area contributed by atoms with Gasteiger partial charge in [0.05, 0.1) is 39.0 Å². The Balaban J connectivity index is 2.05. The number of rotatable bonds is 9. The lowest BCUT2D eigenvalue weighted by Gasteiger charge is -2.16. The number of ether oxygens (including phenoxy) is 3. The van der Waals surface area contributed by atoms with Crippen LogP contribution in [0.1, 0.15) is 30.5 Å². The standard InChI is InChI=1S/C25H30N2O5/c1-15(2)32-10-9-27-24(28)22(18-7-8-20(30-5)21(14-18)31-6)23(25(27)29)26-19-12-16(3)11-17(4)13-19/h7-8,11-15,26H,9-10H2,1-6H3. The second-order valence-corrected chi connectivity index (χ2v) is 8.00. The van der Waals surface area contributed by atoms with Crippen LogP contribution in [-0.4, -0.2) is 50.2 Å². The predicted molar refractivity (Wildman–Crippen MR) is 124 cm³/mol. The van der Waals surface area contributed by atoms with Crippen molar-refractivity contribution in [2.45, 2.75) is 33.8 Å². The molecule has 0 saturated heterocycles. The van der Waals surface area contributed by atoms with Crippen molar-refractivity contribution in [1.82, 2.24) is 4.90 Å². The second-order valence-electron chi connectivity index (χ2n) is 8.00. The van der Waals surface area contributed by atoms with Gasteiger partial charge in [0, 0.05) is 5.69 Å². The molecule has 1 aliphatic rings. The molecule has 1 N–H and O–H groups in total. The summed E-state index contributed by atoms with van der Waals surface area (Å²) in [6.07, 6.45) is 0.00829. The van der Waals surface area contributed by atoms with Crippen LogP contribution in [0.3, 0.4) is 0 Å². The van der Waals surface area contributed by atoms with E-state index in [0.717, 1.165) is 16.8 Å². The highest BCUT2D eigenvalue weighted by Gasteiger charge is 2.39. The van der Waals surface area contributed by atoms with E-state index in [9.17, 15) is 9.59 Å². The third-order valence-electron chi connectivity index (χ3n) is 5.10. The molecule has 7 heteroatoms. The Morgan fingerprint density at radius 2 is 1.56 bits per heavy atom. The number of benzene rings is 2. The third kappa shape index (κ3) is 4.94. The number of carbonyl (C=O) groups excluding carboxylic acids is 2. The minimum absolute atomic E-state index is 0.00829. The molecule has 1 aliphatic heterocycles. The molecule has 0 aliphatic carbocycles. The molecular weight excluding hydrogens is 408 g/mol. The molecule has 7 nitrogen and oxygen atoms in total. The van der Waals surface area contributed by atoms with Crippen molar-refractivity contribution in [3.8, 4) is 11.5 Å². The zero-order valence-corrected chi connectivity index (χ0v) is 19.4. The van der Waals surface area contributed by atoms with E-state index in [1.807, 2.05) is 45.9 Å². The highest BCUT2D eigenvalue weighted by atomic mass is 16.5. The molecule has 170 valence electrons. The van der Waals surface area contributed by atoms with E-state index in [-0.39, 0.29) is 36.8 Å². The topological polar surface area (TPSA) is 77.1 Å². The molecule has 0 unspecified atom stereocenters. The number of carbonyl (C=O) groups is 2. The summed E-state index contributed by atoms with van der Waals surface area (Å²) in [6.45, 7) is 8.23. The van der Waals surface area contributed by atoms with Gasteiger partial charge in [-0.3, -0.25) is 14.5 Å². The summed E-state index contributed by atoms with van der Waals surface area (Å²) in [4.78, 5) is 27.9.